The summed E-state index contributed by atoms with van der Waals surface area (Å²) in [6, 6.07) is 8.24. The van der Waals surface area contributed by atoms with E-state index in [0.717, 1.165) is 24.3 Å². The number of rotatable bonds is 12. The first kappa shape index (κ1) is 36.6. The minimum absolute atomic E-state index is 0.0486. The van der Waals surface area contributed by atoms with Gasteiger partial charge in [0.2, 0.25) is 5.95 Å². The third kappa shape index (κ3) is 9.41. The highest BCUT2D eigenvalue weighted by Crippen LogP contribution is 2.42. The van der Waals surface area contributed by atoms with E-state index in [1.807, 2.05) is 25.5 Å². The summed E-state index contributed by atoms with van der Waals surface area (Å²) >= 11 is 1.29. The Balaban J connectivity index is 1.53. The average molecular weight is 707 g/mol. The maximum Gasteiger partial charge on any atom is 0.407 e. The Morgan fingerprint density at radius 3 is 2.25 bits per heavy atom. The van der Waals surface area contributed by atoms with Gasteiger partial charge in [0, 0.05) is 30.3 Å². The van der Waals surface area contributed by atoms with Gasteiger partial charge >= 0.3 is 6.09 Å². The fourth-order valence-corrected chi connectivity index (χ4v) is 6.48. The average Bonchev–Trinajstić information content (AvgIpc) is 3.43. The summed E-state index contributed by atoms with van der Waals surface area (Å²) in [7, 11) is -4.83. The third-order valence-electron chi connectivity index (χ3n) is 6.29. The van der Waals surface area contributed by atoms with Crippen molar-refractivity contribution in [2.45, 2.75) is 57.5 Å². The molecule has 4 aromatic rings. The van der Waals surface area contributed by atoms with Crippen LogP contribution in [0.25, 0.3) is 21.8 Å². The topological polar surface area (TPSA) is 144 Å². The minimum Gasteiger partial charge on any atom is -0.444 e. The van der Waals surface area contributed by atoms with Gasteiger partial charge in [0.05, 0.1) is 40.2 Å². The van der Waals surface area contributed by atoms with Crippen LogP contribution >= 0.6 is 11.3 Å². The highest BCUT2D eigenvalue weighted by molar-refractivity contribution is 7.92. The standard InChI is InChI=1S/C32H37F3N6O5S2/c1-31(2,3)28-40-25(19-9-7-12-22(24(19)35)41-48(43,44)27-20(33)10-8-11-21(27)34)26(47-28)23-13-14-36-29(39-23)37-15-17-45-18-16-38-30(42)46-32(4,5)6/h7-14,41H,15-18H2,1-6H3,(H,38,42)(H,36,37,39). The molecule has 0 bridgehead atoms. The molecule has 16 heteroatoms. The summed E-state index contributed by atoms with van der Waals surface area (Å²) in [6.45, 7) is 12.3. The van der Waals surface area contributed by atoms with Gasteiger partial charge in [0.25, 0.3) is 10.0 Å². The molecule has 3 N–H and O–H groups in total. The summed E-state index contributed by atoms with van der Waals surface area (Å²) < 4.78 is 83.2. The van der Waals surface area contributed by atoms with Gasteiger partial charge in [-0.15, -0.1) is 11.3 Å². The lowest BCUT2D eigenvalue weighted by atomic mass is 9.98. The van der Waals surface area contributed by atoms with Crippen molar-refractivity contribution in [2.75, 3.05) is 36.3 Å². The number of hydrogen-bond acceptors (Lipinski definition) is 10. The van der Waals surface area contributed by atoms with E-state index in [1.54, 1.807) is 26.8 Å². The number of alkyl carbamates (subject to hydrolysis) is 1. The second-order valence-corrected chi connectivity index (χ2v) is 15.1. The normalized spacial score (nSPS) is 12.1. The molecule has 0 aliphatic carbocycles. The van der Waals surface area contributed by atoms with E-state index < -0.39 is 55.2 Å². The van der Waals surface area contributed by atoms with Crippen LogP contribution in [0.4, 0.5) is 29.6 Å². The highest BCUT2D eigenvalue weighted by atomic mass is 32.2. The van der Waals surface area contributed by atoms with Crippen molar-refractivity contribution in [1.82, 2.24) is 20.3 Å². The van der Waals surface area contributed by atoms with Crippen LogP contribution in [-0.4, -0.2) is 61.4 Å². The molecule has 258 valence electrons. The van der Waals surface area contributed by atoms with Crippen LogP contribution in [0.3, 0.4) is 0 Å². The minimum atomic E-state index is -4.83. The molecule has 11 nitrogen and oxygen atoms in total. The van der Waals surface area contributed by atoms with E-state index >= 15 is 4.39 Å². The molecule has 0 saturated carbocycles. The number of hydrogen-bond donors (Lipinski definition) is 3. The Morgan fingerprint density at radius 2 is 1.58 bits per heavy atom. The smallest absolute Gasteiger partial charge is 0.407 e. The summed E-state index contributed by atoms with van der Waals surface area (Å²) in [5, 5.41) is 6.33. The predicted molar refractivity (Wildman–Crippen MR) is 178 cm³/mol. The lowest BCUT2D eigenvalue weighted by Gasteiger charge is -2.19. The number of aromatic nitrogens is 3. The lowest BCUT2D eigenvalue weighted by Crippen LogP contribution is -2.34. The van der Waals surface area contributed by atoms with Crippen molar-refractivity contribution in [3.8, 4) is 21.8 Å². The van der Waals surface area contributed by atoms with Gasteiger partial charge in [-0.2, -0.15) is 0 Å². The van der Waals surface area contributed by atoms with Crippen molar-refractivity contribution in [2.24, 2.45) is 0 Å². The first-order valence-electron chi connectivity index (χ1n) is 14.8. The molecule has 0 aliphatic heterocycles. The van der Waals surface area contributed by atoms with E-state index in [-0.39, 0.29) is 37.0 Å². The van der Waals surface area contributed by atoms with Crippen LogP contribution in [0.1, 0.15) is 46.6 Å². The number of carbonyl (C=O) groups excluding carboxylic acids is 1. The lowest BCUT2D eigenvalue weighted by molar-refractivity contribution is 0.0502. The molecule has 0 spiro atoms. The number of nitrogens with zero attached hydrogens (tertiary/aromatic N) is 3. The van der Waals surface area contributed by atoms with Crippen LogP contribution in [0.15, 0.2) is 53.6 Å². The fraction of sp³-hybridized carbons (Fsp3) is 0.375. The van der Waals surface area contributed by atoms with Gasteiger partial charge in [-0.3, -0.25) is 4.72 Å². The fourth-order valence-electron chi connectivity index (χ4n) is 4.17. The number of amides is 1. The quantitative estimate of drug-likeness (QED) is 0.137. The molecule has 0 saturated heterocycles. The zero-order valence-corrected chi connectivity index (χ0v) is 28.9. The zero-order valence-electron chi connectivity index (χ0n) is 27.3. The predicted octanol–water partition coefficient (Wildman–Crippen LogP) is 6.74. The second kappa shape index (κ2) is 14.9. The summed E-state index contributed by atoms with van der Waals surface area (Å²) in [5.74, 6) is -3.35. The maximum absolute atomic E-state index is 16.1. The Labute approximate surface area is 281 Å². The number of sulfonamides is 1. The zero-order chi connectivity index (χ0) is 35.3. The molecular formula is C32H37F3N6O5S2. The van der Waals surface area contributed by atoms with Crippen LogP contribution in [-0.2, 0) is 24.9 Å². The molecule has 2 heterocycles. The molecule has 0 aliphatic rings. The number of nitrogens with one attached hydrogen (secondary N) is 3. The van der Waals surface area contributed by atoms with Crippen LogP contribution in [0, 0.1) is 17.5 Å². The third-order valence-corrected chi connectivity index (χ3v) is 9.21. The van der Waals surface area contributed by atoms with Gasteiger partial charge in [-0.05, 0) is 51.1 Å². The summed E-state index contributed by atoms with van der Waals surface area (Å²) in [4.78, 5) is 24.6. The summed E-state index contributed by atoms with van der Waals surface area (Å²) in [6.07, 6.45) is 0.998. The first-order chi connectivity index (χ1) is 22.5. The van der Waals surface area contributed by atoms with E-state index in [2.05, 4.69) is 20.6 Å². The van der Waals surface area contributed by atoms with Crippen LogP contribution in [0.5, 0.6) is 0 Å². The van der Waals surface area contributed by atoms with Gasteiger partial charge < -0.3 is 20.1 Å². The van der Waals surface area contributed by atoms with E-state index in [0.29, 0.717) is 22.1 Å². The maximum atomic E-state index is 16.1. The van der Waals surface area contributed by atoms with E-state index in [1.165, 1.54) is 29.7 Å². The molecule has 1 amide bonds. The molecule has 0 atom stereocenters. The Kier molecular flexibility index (Phi) is 11.3. The van der Waals surface area contributed by atoms with Gasteiger partial charge in [0.15, 0.2) is 10.7 Å². The van der Waals surface area contributed by atoms with E-state index in [9.17, 15) is 22.0 Å². The number of thiazole rings is 1. The largest absolute Gasteiger partial charge is 0.444 e. The van der Waals surface area contributed by atoms with Crippen LogP contribution < -0.4 is 15.4 Å². The molecule has 0 unspecified atom stereocenters. The molecule has 48 heavy (non-hydrogen) atoms. The number of benzene rings is 2. The van der Waals surface area contributed by atoms with Crippen molar-refractivity contribution in [1.29, 1.82) is 0 Å². The SMILES string of the molecule is CC(C)(C)OC(=O)NCCOCCNc1nccc(-c2sc(C(C)(C)C)nc2-c2cccc(NS(=O)(=O)c3c(F)cccc3F)c2F)n1. The number of anilines is 2. The number of carbonyl (C=O) groups is 1. The van der Waals surface area contributed by atoms with Crippen LogP contribution in [0.2, 0.25) is 0 Å². The molecule has 0 fully saturated rings. The Morgan fingerprint density at radius 1 is 0.917 bits per heavy atom. The van der Waals surface area contributed by atoms with Crippen molar-refractivity contribution < 1.29 is 35.9 Å². The van der Waals surface area contributed by atoms with E-state index in [4.69, 9.17) is 14.5 Å². The Bertz CT molecular complexity index is 1850. The first-order valence-corrected chi connectivity index (χ1v) is 17.1. The van der Waals surface area contributed by atoms with Crippen molar-refractivity contribution >= 4 is 39.1 Å². The monoisotopic (exact) mass is 706 g/mol. The van der Waals surface area contributed by atoms with Gasteiger partial charge in [0.1, 0.15) is 17.2 Å². The Hall–Kier alpha value is -4.28. The second-order valence-electron chi connectivity index (χ2n) is 12.5. The van der Waals surface area contributed by atoms with Crippen molar-refractivity contribution in [3.05, 3.63) is 71.1 Å². The van der Waals surface area contributed by atoms with Crippen molar-refractivity contribution in [3.63, 3.8) is 0 Å². The molecule has 2 aromatic carbocycles. The van der Waals surface area contributed by atoms with Gasteiger partial charge in [-0.25, -0.2) is 41.3 Å². The molecule has 0 radical (unpaired) electrons. The number of ether oxygens (including phenoxy) is 2. The molecular weight excluding hydrogens is 670 g/mol. The highest BCUT2D eigenvalue weighted by Gasteiger charge is 2.28. The van der Waals surface area contributed by atoms with Gasteiger partial charge in [-0.1, -0.05) is 32.9 Å². The molecule has 2 aromatic heterocycles. The summed E-state index contributed by atoms with van der Waals surface area (Å²) in [5.41, 5.74) is -0.963. The molecule has 4 rings (SSSR count). The number of halogens is 3.